The first-order valence-electron chi connectivity index (χ1n) is 4.87. The van der Waals surface area contributed by atoms with Crippen LogP contribution < -0.4 is 4.48 Å². The summed E-state index contributed by atoms with van der Waals surface area (Å²) < 4.78 is 1.17. The second kappa shape index (κ2) is 2.94. The van der Waals surface area contributed by atoms with E-state index in [1.54, 1.807) is 0 Å². The number of quaternary nitrogens is 1. The van der Waals surface area contributed by atoms with Crippen LogP contribution in [0, 0.1) is 0 Å². The van der Waals surface area contributed by atoms with Crippen molar-refractivity contribution in [2.75, 3.05) is 19.6 Å². The highest BCUT2D eigenvalue weighted by Gasteiger charge is 2.33. The van der Waals surface area contributed by atoms with E-state index < -0.39 is 0 Å². The number of hydrogen-bond acceptors (Lipinski definition) is 0. The second-order valence-corrected chi connectivity index (χ2v) is 3.67. The predicted molar refractivity (Wildman–Crippen MR) is 52.1 cm³/mol. The van der Waals surface area contributed by atoms with Crippen molar-refractivity contribution >= 4 is 5.82 Å². The molecule has 2 heterocycles. The molecule has 2 heteroatoms. The number of nitrogens with zero attached hydrogens (tertiary/aromatic N) is 1. The molecule has 0 amide bonds. The van der Waals surface area contributed by atoms with Gasteiger partial charge in [-0.25, -0.2) is 0 Å². The summed E-state index contributed by atoms with van der Waals surface area (Å²) >= 11 is 0. The normalized spacial score (nSPS) is 21.4. The van der Waals surface area contributed by atoms with Crippen molar-refractivity contribution in [1.29, 1.82) is 0 Å². The summed E-state index contributed by atoms with van der Waals surface area (Å²) in [5.41, 5.74) is 0. The van der Waals surface area contributed by atoms with Crippen LogP contribution in [0.25, 0.3) is 0 Å². The number of hydrogen-bond donors (Lipinski definition) is 1. The van der Waals surface area contributed by atoms with Gasteiger partial charge in [-0.2, -0.15) is 0 Å². The summed E-state index contributed by atoms with van der Waals surface area (Å²) in [6.45, 7) is 6.14. The maximum absolute atomic E-state index is 3.34. The van der Waals surface area contributed by atoms with Gasteiger partial charge in [-0.05, 0) is 13.0 Å². The fourth-order valence-electron chi connectivity index (χ4n) is 2.28. The molecule has 0 atom stereocenters. The summed E-state index contributed by atoms with van der Waals surface area (Å²) in [5, 5.41) is 0. The minimum absolute atomic E-state index is 1.17. The molecule has 0 radical (unpaired) electrons. The molecular formula is C10H17N2+. The zero-order valence-electron chi connectivity index (χ0n) is 7.71. The molecule has 1 aliphatic heterocycles. The van der Waals surface area contributed by atoms with Crippen LogP contribution in [0.4, 0.5) is 5.82 Å². The van der Waals surface area contributed by atoms with E-state index in [1.165, 1.54) is 42.8 Å². The van der Waals surface area contributed by atoms with Crippen LogP contribution in [-0.2, 0) is 0 Å². The van der Waals surface area contributed by atoms with Crippen LogP contribution in [0.1, 0.15) is 19.8 Å². The van der Waals surface area contributed by atoms with Crippen LogP contribution in [0.15, 0.2) is 18.3 Å². The smallest absolute Gasteiger partial charge is 0.205 e. The van der Waals surface area contributed by atoms with Gasteiger partial charge in [0.05, 0.1) is 19.6 Å². The zero-order valence-corrected chi connectivity index (χ0v) is 7.71. The Bertz CT molecular complexity index is 232. The molecule has 2 rings (SSSR count). The monoisotopic (exact) mass is 165 g/mol. The van der Waals surface area contributed by atoms with Crippen molar-refractivity contribution in [3.63, 3.8) is 0 Å². The lowest BCUT2D eigenvalue weighted by Crippen LogP contribution is -2.46. The molecule has 0 bridgehead atoms. The lowest BCUT2D eigenvalue weighted by Gasteiger charge is -2.30. The van der Waals surface area contributed by atoms with E-state index >= 15 is 0 Å². The molecule has 1 aliphatic rings. The van der Waals surface area contributed by atoms with Crippen LogP contribution in [0.2, 0.25) is 0 Å². The van der Waals surface area contributed by atoms with Gasteiger partial charge in [-0.1, -0.05) is 0 Å². The molecule has 0 aromatic carbocycles. The highest BCUT2D eigenvalue weighted by molar-refractivity contribution is 5.35. The third kappa shape index (κ3) is 1.07. The van der Waals surface area contributed by atoms with Gasteiger partial charge in [0.2, 0.25) is 5.82 Å². The minimum Gasteiger partial charge on any atom is -0.318 e. The van der Waals surface area contributed by atoms with E-state index in [1.807, 2.05) is 6.20 Å². The first-order valence-corrected chi connectivity index (χ1v) is 4.87. The van der Waals surface area contributed by atoms with Crippen LogP contribution in [0.3, 0.4) is 0 Å². The standard InChI is InChI=1S/C10H17N2/c1-2-12(8-3-4-9-12)10-6-5-7-11-10/h5-7,11H,2-4,8-9H2,1H3/q+1. The number of likely N-dealkylation sites (tertiary alicyclic amines) is 1. The van der Waals surface area contributed by atoms with Crippen molar-refractivity contribution in [3.8, 4) is 0 Å². The minimum atomic E-state index is 1.17. The summed E-state index contributed by atoms with van der Waals surface area (Å²) in [7, 11) is 0. The van der Waals surface area contributed by atoms with Gasteiger partial charge >= 0.3 is 0 Å². The molecule has 1 aromatic rings. The lowest BCUT2D eigenvalue weighted by molar-refractivity contribution is 0.343. The Labute approximate surface area is 73.8 Å². The molecule has 1 saturated heterocycles. The Kier molecular flexibility index (Phi) is 1.93. The Morgan fingerprint density at radius 3 is 2.67 bits per heavy atom. The van der Waals surface area contributed by atoms with Gasteiger partial charge in [-0.3, -0.25) is 4.48 Å². The number of aromatic amines is 1. The number of H-pyrrole nitrogens is 1. The summed E-state index contributed by atoms with van der Waals surface area (Å²) in [5.74, 6) is 1.40. The van der Waals surface area contributed by atoms with Gasteiger partial charge in [0.15, 0.2) is 0 Å². The third-order valence-corrected chi connectivity index (χ3v) is 3.12. The van der Waals surface area contributed by atoms with Crippen LogP contribution in [-0.4, -0.2) is 24.6 Å². The topological polar surface area (TPSA) is 15.8 Å². The van der Waals surface area contributed by atoms with Gasteiger partial charge in [0.1, 0.15) is 0 Å². The SMILES string of the molecule is CC[N+]1(c2ccc[nH]2)CCCC1. The first-order chi connectivity index (χ1) is 5.87. The van der Waals surface area contributed by atoms with E-state index in [2.05, 4.69) is 24.0 Å². The van der Waals surface area contributed by atoms with E-state index in [0.29, 0.717) is 0 Å². The average Bonchev–Trinajstić information content (AvgIpc) is 2.76. The number of aromatic nitrogens is 1. The van der Waals surface area contributed by atoms with E-state index in [0.717, 1.165) is 0 Å². The Morgan fingerprint density at radius 2 is 2.17 bits per heavy atom. The second-order valence-electron chi connectivity index (χ2n) is 3.67. The number of nitrogens with one attached hydrogen (secondary N) is 1. The van der Waals surface area contributed by atoms with Gasteiger partial charge in [0, 0.05) is 25.1 Å². The van der Waals surface area contributed by atoms with Crippen LogP contribution >= 0.6 is 0 Å². The Morgan fingerprint density at radius 1 is 1.42 bits per heavy atom. The molecular weight excluding hydrogens is 148 g/mol. The zero-order chi connectivity index (χ0) is 8.44. The fourth-order valence-corrected chi connectivity index (χ4v) is 2.28. The van der Waals surface area contributed by atoms with Crippen molar-refractivity contribution in [2.45, 2.75) is 19.8 Å². The summed E-state index contributed by atoms with van der Waals surface area (Å²) in [6.07, 6.45) is 4.79. The molecule has 0 spiro atoms. The fraction of sp³-hybridized carbons (Fsp3) is 0.600. The highest BCUT2D eigenvalue weighted by atomic mass is 15.4. The number of rotatable bonds is 2. The lowest BCUT2D eigenvalue weighted by atomic mass is 10.4. The first kappa shape index (κ1) is 7.87. The molecule has 1 N–H and O–H groups in total. The molecule has 1 aromatic heterocycles. The molecule has 0 aliphatic carbocycles. The quantitative estimate of drug-likeness (QED) is 0.646. The molecule has 12 heavy (non-hydrogen) atoms. The highest BCUT2D eigenvalue weighted by Crippen LogP contribution is 2.26. The van der Waals surface area contributed by atoms with Gasteiger partial charge in [-0.15, -0.1) is 0 Å². The largest absolute Gasteiger partial charge is 0.318 e. The van der Waals surface area contributed by atoms with E-state index in [4.69, 9.17) is 0 Å². The predicted octanol–water partition coefficient (Wildman–Crippen LogP) is 2.14. The summed E-state index contributed by atoms with van der Waals surface area (Å²) in [6, 6.07) is 4.32. The average molecular weight is 165 g/mol. The van der Waals surface area contributed by atoms with E-state index in [-0.39, 0.29) is 0 Å². The van der Waals surface area contributed by atoms with Crippen LogP contribution in [0.5, 0.6) is 0 Å². The molecule has 0 saturated carbocycles. The van der Waals surface area contributed by atoms with Crippen molar-refractivity contribution in [2.24, 2.45) is 0 Å². The third-order valence-electron chi connectivity index (χ3n) is 3.12. The van der Waals surface area contributed by atoms with Crippen molar-refractivity contribution in [3.05, 3.63) is 18.3 Å². The molecule has 0 unspecified atom stereocenters. The molecule has 1 fully saturated rings. The van der Waals surface area contributed by atoms with Crippen molar-refractivity contribution in [1.82, 2.24) is 9.47 Å². The maximum Gasteiger partial charge on any atom is 0.205 e. The Balaban J connectivity index is 2.28. The van der Waals surface area contributed by atoms with Crippen molar-refractivity contribution < 1.29 is 0 Å². The summed E-state index contributed by atoms with van der Waals surface area (Å²) in [4.78, 5) is 3.34. The van der Waals surface area contributed by atoms with Gasteiger partial charge in [0.25, 0.3) is 0 Å². The molecule has 66 valence electrons. The van der Waals surface area contributed by atoms with E-state index in [9.17, 15) is 0 Å². The molecule has 2 nitrogen and oxygen atoms in total. The Hall–Kier alpha value is -0.760. The maximum atomic E-state index is 3.34. The van der Waals surface area contributed by atoms with Gasteiger partial charge < -0.3 is 4.98 Å².